The van der Waals surface area contributed by atoms with E-state index < -0.39 is 10.0 Å². The Kier molecular flexibility index (Phi) is 5.72. The first-order chi connectivity index (χ1) is 7.56. The van der Waals surface area contributed by atoms with E-state index in [0.29, 0.717) is 11.7 Å². The smallest absolute Gasteiger partial charge is 0.213 e. The fourth-order valence-corrected chi connectivity index (χ4v) is 2.96. The highest BCUT2D eigenvalue weighted by Crippen LogP contribution is 2.30. The third kappa shape index (κ3) is 5.27. The molecule has 0 aromatic heterocycles. The van der Waals surface area contributed by atoms with E-state index in [1.165, 1.54) is 17.1 Å². The van der Waals surface area contributed by atoms with Crippen LogP contribution in [0.3, 0.4) is 0 Å². The summed E-state index contributed by atoms with van der Waals surface area (Å²) < 4.78 is 25.2. The van der Waals surface area contributed by atoms with Crippen molar-refractivity contribution < 1.29 is 8.42 Å². The van der Waals surface area contributed by atoms with Crippen molar-refractivity contribution in [3.05, 3.63) is 0 Å². The zero-order valence-electron chi connectivity index (χ0n) is 10.4. The van der Waals surface area contributed by atoms with Gasteiger partial charge in [0.2, 0.25) is 10.0 Å². The van der Waals surface area contributed by atoms with E-state index in [0.717, 1.165) is 32.5 Å². The lowest BCUT2D eigenvalue weighted by Crippen LogP contribution is -2.31. The second-order valence-corrected chi connectivity index (χ2v) is 6.80. The molecule has 4 nitrogen and oxygen atoms in total. The Balaban J connectivity index is 2.16. The first kappa shape index (κ1) is 13.9. The van der Waals surface area contributed by atoms with Gasteiger partial charge >= 0.3 is 0 Å². The Bertz CT molecular complexity index is 286. The van der Waals surface area contributed by atoms with E-state index in [2.05, 4.69) is 12.2 Å². The fraction of sp³-hybridized carbons (Fsp3) is 1.00. The molecule has 0 aromatic carbocycles. The molecular formula is C11H24N2O2S. The molecule has 0 radical (unpaired) electrons. The van der Waals surface area contributed by atoms with Gasteiger partial charge in [-0.3, -0.25) is 0 Å². The lowest BCUT2D eigenvalue weighted by Gasteiger charge is -2.16. The SMILES string of the molecule is CCNCCCCS(=O)(=O)N(C)CC1CC1. The van der Waals surface area contributed by atoms with Crippen molar-refractivity contribution in [2.24, 2.45) is 5.92 Å². The maximum Gasteiger partial charge on any atom is 0.213 e. The van der Waals surface area contributed by atoms with Crippen LogP contribution in [0.25, 0.3) is 0 Å². The van der Waals surface area contributed by atoms with Crippen LogP contribution in [0.1, 0.15) is 32.6 Å². The quantitative estimate of drug-likeness (QED) is 0.620. The molecule has 0 saturated heterocycles. The van der Waals surface area contributed by atoms with E-state index in [9.17, 15) is 8.42 Å². The van der Waals surface area contributed by atoms with E-state index in [1.54, 1.807) is 7.05 Å². The third-order valence-corrected chi connectivity index (χ3v) is 4.85. The van der Waals surface area contributed by atoms with Gasteiger partial charge in [0.1, 0.15) is 0 Å². The number of unbranched alkanes of at least 4 members (excludes halogenated alkanes) is 1. The minimum Gasteiger partial charge on any atom is -0.317 e. The highest BCUT2D eigenvalue weighted by atomic mass is 32.2. The number of sulfonamides is 1. The van der Waals surface area contributed by atoms with E-state index >= 15 is 0 Å². The van der Waals surface area contributed by atoms with Gasteiger partial charge in [0.05, 0.1) is 5.75 Å². The van der Waals surface area contributed by atoms with Gasteiger partial charge in [-0.15, -0.1) is 0 Å². The molecule has 1 fully saturated rings. The van der Waals surface area contributed by atoms with Gasteiger partial charge in [-0.2, -0.15) is 0 Å². The molecule has 16 heavy (non-hydrogen) atoms. The van der Waals surface area contributed by atoms with Crippen LogP contribution in [0.2, 0.25) is 0 Å². The van der Waals surface area contributed by atoms with E-state index in [-0.39, 0.29) is 0 Å². The van der Waals surface area contributed by atoms with Crippen molar-refractivity contribution in [3.8, 4) is 0 Å². The topological polar surface area (TPSA) is 49.4 Å². The highest BCUT2D eigenvalue weighted by molar-refractivity contribution is 7.89. The Morgan fingerprint density at radius 2 is 2.00 bits per heavy atom. The van der Waals surface area contributed by atoms with Crippen LogP contribution in [-0.2, 0) is 10.0 Å². The predicted octanol–water partition coefficient (Wildman–Crippen LogP) is 1.05. The second kappa shape index (κ2) is 6.57. The summed E-state index contributed by atoms with van der Waals surface area (Å²) >= 11 is 0. The summed E-state index contributed by atoms with van der Waals surface area (Å²) in [6.07, 6.45) is 4.08. The maximum absolute atomic E-state index is 11.8. The Hall–Kier alpha value is -0.130. The largest absolute Gasteiger partial charge is 0.317 e. The summed E-state index contributed by atoms with van der Waals surface area (Å²) in [5.74, 6) is 0.920. The Labute approximate surface area is 99.5 Å². The summed E-state index contributed by atoms with van der Waals surface area (Å²) in [6.45, 7) is 4.64. The summed E-state index contributed by atoms with van der Waals surface area (Å²) in [5.41, 5.74) is 0. The highest BCUT2D eigenvalue weighted by Gasteiger charge is 2.27. The van der Waals surface area contributed by atoms with Gasteiger partial charge in [-0.25, -0.2) is 12.7 Å². The van der Waals surface area contributed by atoms with E-state index in [1.807, 2.05) is 0 Å². The van der Waals surface area contributed by atoms with Gasteiger partial charge in [-0.1, -0.05) is 6.92 Å². The molecule has 5 heteroatoms. The molecule has 1 aliphatic rings. The van der Waals surface area contributed by atoms with Gasteiger partial charge in [-0.05, 0) is 44.7 Å². The number of nitrogens with one attached hydrogen (secondary N) is 1. The van der Waals surface area contributed by atoms with Crippen LogP contribution in [0.4, 0.5) is 0 Å². The van der Waals surface area contributed by atoms with Gasteiger partial charge in [0.15, 0.2) is 0 Å². The van der Waals surface area contributed by atoms with Crippen molar-refractivity contribution in [2.75, 3.05) is 32.4 Å². The molecule has 1 aliphatic carbocycles. The molecule has 96 valence electrons. The van der Waals surface area contributed by atoms with Crippen LogP contribution in [0.5, 0.6) is 0 Å². The Morgan fingerprint density at radius 1 is 1.31 bits per heavy atom. The Morgan fingerprint density at radius 3 is 2.56 bits per heavy atom. The summed E-state index contributed by atoms with van der Waals surface area (Å²) in [5, 5.41) is 3.20. The normalized spacial score (nSPS) is 16.9. The van der Waals surface area contributed by atoms with Crippen LogP contribution >= 0.6 is 0 Å². The molecule has 1 rings (SSSR count). The summed E-state index contributed by atoms with van der Waals surface area (Å²) in [7, 11) is -1.29. The monoisotopic (exact) mass is 248 g/mol. The average Bonchev–Trinajstić information content (AvgIpc) is 3.01. The first-order valence-corrected chi connectivity index (χ1v) is 7.82. The first-order valence-electron chi connectivity index (χ1n) is 6.21. The molecule has 0 unspecified atom stereocenters. The molecule has 0 aromatic rings. The molecule has 0 bridgehead atoms. The molecule has 1 saturated carbocycles. The minimum atomic E-state index is -3.00. The van der Waals surface area contributed by atoms with Crippen molar-refractivity contribution in [1.29, 1.82) is 0 Å². The molecular weight excluding hydrogens is 224 g/mol. The van der Waals surface area contributed by atoms with Gasteiger partial charge < -0.3 is 5.32 Å². The lowest BCUT2D eigenvalue weighted by molar-refractivity contribution is 0.451. The van der Waals surface area contributed by atoms with Crippen molar-refractivity contribution in [2.45, 2.75) is 32.6 Å². The van der Waals surface area contributed by atoms with Crippen LogP contribution in [0.15, 0.2) is 0 Å². The number of hydrogen-bond donors (Lipinski definition) is 1. The molecule has 0 aliphatic heterocycles. The number of nitrogens with zero attached hydrogens (tertiary/aromatic N) is 1. The van der Waals surface area contributed by atoms with Crippen molar-refractivity contribution in [3.63, 3.8) is 0 Å². The minimum absolute atomic E-state index is 0.293. The summed E-state index contributed by atoms with van der Waals surface area (Å²) in [4.78, 5) is 0. The molecule has 1 N–H and O–H groups in total. The second-order valence-electron chi connectivity index (χ2n) is 4.60. The standard InChI is InChI=1S/C11H24N2O2S/c1-3-12-8-4-5-9-16(14,15)13(2)10-11-6-7-11/h11-12H,3-10H2,1-2H3. The van der Waals surface area contributed by atoms with Crippen LogP contribution < -0.4 is 5.32 Å². The third-order valence-electron chi connectivity index (χ3n) is 2.94. The summed E-state index contributed by atoms with van der Waals surface area (Å²) in [6, 6.07) is 0. The molecule has 0 spiro atoms. The number of rotatable bonds is 9. The van der Waals surface area contributed by atoms with Crippen LogP contribution in [-0.4, -0.2) is 45.2 Å². The zero-order valence-corrected chi connectivity index (χ0v) is 11.2. The van der Waals surface area contributed by atoms with Crippen molar-refractivity contribution >= 4 is 10.0 Å². The maximum atomic E-state index is 11.8. The molecule has 0 atom stereocenters. The van der Waals surface area contributed by atoms with E-state index in [4.69, 9.17) is 0 Å². The van der Waals surface area contributed by atoms with Crippen molar-refractivity contribution in [1.82, 2.24) is 9.62 Å². The molecule has 0 amide bonds. The van der Waals surface area contributed by atoms with Gasteiger partial charge in [0, 0.05) is 13.6 Å². The predicted molar refractivity (Wildman–Crippen MR) is 66.9 cm³/mol. The average molecular weight is 248 g/mol. The number of hydrogen-bond acceptors (Lipinski definition) is 3. The molecule has 0 heterocycles. The lowest BCUT2D eigenvalue weighted by atomic mass is 10.3. The van der Waals surface area contributed by atoms with Crippen LogP contribution in [0, 0.1) is 5.92 Å². The zero-order chi connectivity index (χ0) is 12.0. The fourth-order valence-electron chi connectivity index (χ4n) is 1.64. The van der Waals surface area contributed by atoms with Gasteiger partial charge in [0.25, 0.3) is 0 Å².